The molecular weight excluding hydrogens is 390 g/mol. The summed E-state index contributed by atoms with van der Waals surface area (Å²) in [6, 6.07) is 13.1. The molecule has 0 atom stereocenters. The summed E-state index contributed by atoms with van der Waals surface area (Å²) >= 11 is 5.94. The van der Waals surface area contributed by atoms with Gasteiger partial charge in [0.25, 0.3) is 0 Å². The number of hydrogen-bond acceptors (Lipinski definition) is 4. The van der Waals surface area contributed by atoms with Crippen molar-refractivity contribution in [3.05, 3.63) is 58.0 Å². The number of nitrogens with zero attached hydrogens (tertiary/aromatic N) is 3. The third kappa shape index (κ3) is 5.19. The number of carbonyl (C=O) groups excluding carboxylic acids is 1. The van der Waals surface area contributed by atoms with Gasteiger partial charge in [-0.15, -0.1) is 0 Å². The molecule has 0 spiro atoms. The quantitative estimate of drug-likeness (QED) is 0.593. The Morgan fingerprint density at radius 1 is 1.17 bits per heavy atom. The Balaban J connectivity index is 1.56. The summed E-state index contributed by atoms with van der Waals surface area (Å²) in [4.78, 5) is 31.2. The van der Waals surface area contributed by atoms with Crippen LogP contribution in [0.25, 0.3) is 11.0 Å². The molecule has 1 heterocycles. The fourth-order valence-electron chi connectivity index (χ4n) is 3.17. The second-order valence-electron chi connectivity index (χ2n) is 7.04. The Kier molecular flexibility index (Phi) is 6.61. The second kappa shape index (κ2) is 9.15. The molecule has 3 aromatic rings. The highest BCUT2D eigenvalue weighted by Gasteiger charge is 2.12. The number of anilines is 2. The van der Waals surface area contributed by atoms with Crippen molar-refractivity contribution in [2.45, 2.75) is 6.92 Å². The van der Waals surface area contributed by atoms with Crippen LogP contribution in [-0.4, -0.2) is 53.6 Å². The summed E-state index contributed by atoms with van der Waals surface area (Å²) in [7, 11) is 3.72. The zero-order valence-electron chi connectivity index (χ0n) is 16.9. The van der Waals surface area contributed by atoms with Crippen LogP contribution in [0, 0.1) is 0 Å². The minimum Gasteiger partial charge on any atom is -0.373 e. The zero-order valence-corrected chi connectivity index (χ0v) is 17.7. The second-order valence-corrected chi connectivity index (χ2v) is 7.47. The minimum absolute atomic E-state index is 0.0825. The van der Waals surface area contributed by atoms with Gasteiger partial charge in [0.2, 0.25) is 5.91 Å². The number of rotatable bonds is 8. The number of aryl methyl sites for hydroxylation is 1. The molecule has 8 heteroatoms. The van der Waals surface area contributed by atoms with E-state index in [9.17, 15) is 9.59 Å². The Labute approximate surface area is 174 Å². The number of fused-ring (bicyclic) bond motifs is 1. The standard InChI is InChI=1S/C21H26ClN5O2/c1-4-27(12-11-25(2)17-8-5-15(22)6-9-17)14-20(28)23-16-7-10-18-19(13-16)26(3)21(29)24-18/h5-10,13H,4,11-12,14H2,1-3H3,(H,23,28)(H,24,29). The van der Waals surface area contributed by atoms with Crippen LogP contribution in [0.3, 0.4) is 0 Å². The maximum absolute atomic E-state index is 12.5. The van der Waals surface area contributed by atoms with Crippen LogP contribution < -0.4 is 15.9 Å². The number of nitrogens with one attached hydrogen (secondary N) is 2. The fraction of sp³-hybridized carbons (Fsp3) is 0.333. The number of aromatic amines is 1. The third-order valence-corrected chi connectivity index (χ3v) is 5.27. The van der Waals surface area contributed by atoms with Gasteiger partial charge in [-0.25, -0.2) is 4.79 Å². The highest BCUT2D eigenvalue weighted by Crippen LogP contribution is 2.17. The molecule has 0 aliphatic carbocycles. The van der Waals surface area contributed by atoms with E-state index in [1.165, 1.54) is 4.57 Å². The van der Waals surface area contributed by atoms with E-state index in [4.69, 9.17) is 11.6 Å². The maximum Gasteiger partial charge on any atom is 0.326 e. The topological polar surface area (TPSA) is 73.4 Å². The van der Waals surface area contributed by atoms with Gasteiger partial charge in [-0.05, 0) is 49.0 Å². The molecule has 2 aromatic carbocycles. The first-order chi connectivity index (χ1) is 13.9. The van der Waals surface area contributed by atoms with E-state index >= 15 is 0 Å². The normalized spacial score (nSPS) is 11.2. The van der Waals surface area contributed by atoms with E-state index in [1.54, 1.807) is 25.2 Å². The molecule has 0 aliphatic rings. The van der Waals surface area contributed by atoms with Gasteiger partial charge in [0, 0.05) is 43.6 Å². The van der Waals surface area contributed by atoms with Gasteiger partial charge >= 0.3 is 5.69 Å². The van der Waals surface area contributed by atoms with Gasteiger partial charge in [-0.3, -0.25) is 14.3 Å². The van der Waals surface area contributed by atoms with Gasteiger partial charge in [0.1, 0.15) is 0 Å². The van der Waals surface area contributed by atoms with Gasteiger partial charge in [0.05, 0.1) is 17.6 Å². The van der Waals surface area contributed by atoms with Crippen molar-refractivity contribution in [1.82, 2.24) is 14.5 Å². The van der Waals surface area contributed by atoms with E-state index in [-0.39, 0.29) is 11.6 Å². The summed E-state index contributed by atoms with van der Waals surface area (Å²) in [5.41, 5.74) is 3.08. The van der Waals surface area contributed by atoms with E-state index in [2.05, 4.69) is 20.1 Å². The lowest BCUT2D eigenvalue weighted by Gasteiger charge is -2.25. The van der Waals surface area contributed by atoms with Crippen molar-refractivity contribution in [2.75, 3.05) is 43.4 Å². The van der Waals surface area contributed by atoms with Crippen molar-refractivity contribution in [2.24, 2.45) is 7.05 Å². The number of aromatic nitrogens is 2. The highest BCUT2D eigenvalue weighted by atomic mass is 35.5. The molecule has 0 saturated heterocycles. The van der Waals surface area contributed by atoms with Crippen LogP contribution in [0.4, 0.5) is 11.4 Å². The van der Waals surface area contributed by atoms with Crippen molar-refractivity contribution in [1.29, 1.82) is 0 Å². The van der Waals surface area contributed by atoms with E-state index in [0.717, 1.165) is 36.4 Å². The van der Waals surface area contributed by atoms with Crippen LogP contribution in [0.5, 0.6) is 0 Å². The van der Waals surface area contributed by atoms with Crippen LogP contribution in [0.15, 0.2) is 47.3 Å². The lowest BCUT2D eigenvalue weighted by atomic mass is 10.2. The maximum atomic E-state index is 12.5. The average Bonchev–Trinajstić information content (AvgIpc) is 2.99. The summed E-state index contributed by atoms with van der Waals surface area (Å²) in [5.74, 6) is -0.0825. The monoisotopic (exact) mass is 415 g/mol. The number of H-pyrrole nitrogens is 1. The van der Waals surface area contributed by atoms with Crippen LogP contribution in [0.2, 0.25) is 5.02 Å². The number of carbonyl (C=O) groups is 1. The Morgan fingerprint density at radius 3 is 2.59 bits per heavy atom. The number of imidazole rings is 1. The Bertz CT molecular complexity index is 1040. The molecule has 0 saturated carbocycles. The lowest BCUT2D eigenvalue weighted by molar-refractivity contribution is -0.117. The number of benzene rings is 2. The Hall–Kier alpha value is -2.77. The predicted octanol–water partition coefficient (Wildman–Crippen LogP) is 2.92. The first-order valence-electron chi connectivity index (χ1n) is 9.55. The zero-order chi connectivity index (χ0) is 21.0. The van der Waals surface area contributed by atoms with Gasteiger partial charge in [0.15, 0.2) is 0 Å². The molecule has 0 fully saturated rings. The summed E-state index contributed by atoms with van der Waals surface area (Å²) in [5, 5.41) is 3.64. The molecule has 0 bridgehead atoms. The average molecular weight is 416 g/mol. The summed E-state index contributed by atoms with van der Waals surface area (Å²) < 4.78 is 1.52. The smallest absolute Gasteiger partial charge is 0.326 e. The molecule has 3 rings (SSSR count). The number of hydrogen-bond donors (Lipinski definition) is 2. The van der Waals surface area contributed by atoms with Crippen LogP contribution in [-0.2, 0) is 11.8 Å². The summed E-state index contributed by atoms with van der Waals surface area (Å²) in [6.45, 7) is 4.66. The predicted molar refractivity (Wildman–Crippen MR) is 119 cm³/mol. The highest BCUT2D eigenvalue weighted by molar-refractivity contribution is 6.30. The SMILES string of the molecule is CCN(CCN(C)c1ccc(Cl)cc1)CC(=O)Nc1ccc2[nH]c(=O)n(C)c2c1. The molecule has 29 heavy (non-hydrogen) atoms. The van der Waals surface area contributed by atoms with E-state index < -0.39 is 0 Å². The molecule has 1 amide bonds. The van der Waals surface area contributed by atoms with E-state index in [0.29, 0.717) is 17.3 Å². The van der Waals surface area contributed by atoms with Crippen molar-refractivity contribution >= 4 is 39.9 Å². The largest absolute Gasteiger partial charge is 0.373 e. The van der Waals surface area contributed by atoms with Gasteiger partial charge in [-0.1, -0.05) is 18.5 Å². The van der Waals surface area contributed by atoms with Crippen molar-refractivity contribution in [3.8, 4) is 0 Å². The number of halogens is 1. The van der Waals surface area contributed by atoms with Gasteiger partial charge in [-0.2, -0.15) is 0 Å². The van der Waals surface area contributed by atoms with Gasteiger partial charge < -0.3 is 15.2 Å². The molecule has 0 unspecified atom stereocenters. The third-order valence-electron chi connectivity index (χ3n) is 5.02. The van der Waals surface area contributed by atoms with Crippen LogP contribution >= 0.6 is 11.6 Å². The Morgan fingerprint density at radius 2 is 1.90 bits per heavy atom. The van der Waals surface area contributed by atoms with Crippen molar-refractivity contribution in [3.63, 3.8) is 0 Å². The molecule has 7 nitrogen and oxygen atoms in total. The number of amides is 1. The lowest BCUT2D eigenvalue weighted by Crippen LogP contribution is -2.38. The molecular formula is C21H26ClN5O2. The first-order valence-corrected chi connectivity index (χ1v) is 9.93. The first kappa shape index (κ1) is 21.0. The molecule has 1 aromatic heterocycles. The molecule has 0 aliphatic heterocycles. The number of likely N-dealkylation sites (N-methyl/N-ethyl adjacent to an activating group) is 2. The van der Waals surface area contributed by atoms with Crippen molar-refractivity contribution < 1.29 is 4.79 Å². The molecule has 0 radical (unpaired) electrons. The molecule has 2 N–H and O–H groups in total. The molecule has 154 valence electrons. The van der Waals surface area contributed by atoms with Crippen LogP contribution in [0.1, 0.15) is 6.92 Å². The van der Waals surface area contributed by atoms with E-state index in [1.807, 2.05) is 38.2 Å². The fourth-order valence-corrected chi connectivity index (χ4v) is 3.30. The minimum atomic E-state index is -0.176. The summed E-state index contributed by atoms with van der Waals surface area (Å²) in [6.07, 6.45) is 0.